The van der Waals surface area contributed by atoms with Gasteiger partial charge in [0.15, 0.2) is 0 Å². The van der Waals surface area contributed by atoms with Crippen molar-refractivity contribution in [1.29, 1.82) is 0 Å². The third-order valence-electron chi connectivity index (χ3n) is 3.49. The van der Waals surface area contributed by atoms with E-state index in [4.69, 9.17) is 9.15 Å². The van der Waals surface area contributed by atoms with Gasteiger partial charge in [0.1, 0.15) is 5.76 Å². The van der Waals surface area contributed by atoms with Gasteiger partial charge in [-0.2, -0.15) is 5.10 Å². The number of hydrogen-bond acceptors (Lipinski definition) is 5. The van der Waals surface area contributed by atoms with Gasteiger partial charge in [0.2, 0.25) is 11.8 Å². The number of nitrogens with zero attached hydrogens (tertiary/aromatic N) is 2. The molecule has 0 saturated carbocycles. The summed E-state index contributed by atoms with van der Waals surface area (Å²) in [6.07, 6.45) is 1.59. The zero-order chi connectivity index (χ0) is 16.8. The molecule has 2 aromatic heterocycles. The maximum atomic E-state index is 11.8. The molecule has 0 bridgehead atoms. The van der Waals surface area contributed by atoms with Gasteiger partial charge >= 0.3 is 0 Å². The molecule has 0 fully saturated rings. The van der Waals surface area contributed by atoms with Crippen LogP contribution in [0.3, 0.4) is 0 Å². The highest BCUT2D eigenvalue weighted by Gasteiger charge is 2.19. The SMILES string of the molecule is COc1c(CNCC(=O)NCc2ccco2)c(C(C)C)nn1C. The third-order valence-corrected chi connectivity index (χ3v) is 3.49. The summed E-state index contributed by atoms with van der Waals surface area (Å²) in [5, 5.41) is 10.4. The molecule has 7 heteroatoms. The van der Waals surface area contributed by atoms with Crippen LogP contribution >= 0.6 is 0 Å². The average molecular weight is 320 g/mol. The normalized spacial score (nSPS) is 11.0. The van der Waals surface area contributed by atoms with E-state index in [0.717, 1.165) is 22.9 Å². The number of nitrogens with one attached hydrogen (secondary N) is 2. The van der Waals surface area contributed by atoms with Gasteiger partial charge in [-0.1, -0.05) is 13.8 Å². The van der Waals surface area contributed by atoms with Gasteiger partial charge in [0.05, 0.1) is 37.7 Å². The Kier molecular flexibility index (Phi) is 5.81. The molecular formula is C16H24N4O3. The number of hydrogen-bond donors (Lipinski definition) is 2. The molecule has 0 atom stereocenters. The summed E-state index contributed by atoms with van der Waals surface area (Å²) < 4.78 is 12.3. The molecule has 0 unspecified atom stereocenters. The molecule has 126 valence electrons. The van der Waals surface area contributed by atoms with E-state index < -0.39 is 0 Å². The van der Waals surface area contributed by atoms with E-state index in [1.54, 1.807) is 24.1 Å². The van der Waals surface area contributed by atoms with Crippen LogP contribution in [0.4, 0.5) is 0 Å². The van der Waals surface area contributed by atoms with Crippen molar-refractivity contribution in [1.82, 2.24) is 20.4 Å². The molecule has 0 aliphatic carbocycles. The minimum Gasteiger partial charge on any atom is -0.481 e. The van der Waals surface area contributed by atoms with Crippen molar-refractivity contribution in [3.63, 3.8) is 0 Å². The van der Waals surface area contributed by atoms with Gasteiger partial charge < -0.3 is 19.8 Å². The molecule has 0 spiro atoms. The number of rotatable bonds is 8. The van der Waals surface area contributed by atoms with Crippen LogP contribution in [0.25, 0.3) is 0 Å². The lowest BCUT2D eigenvalue weighted by Gasteiger charge is -2.09. The summed E-state index contributed by atoms with van der Waals surface area (Å²) in [7, 11) is 3.48. The summed E-state index contributed by atoms with van der Waals surface area (Å²) in [4.78, 5) is 11.8. The Bertz CT molecular complexity index is 632. The van der Waals surface area contributed by atoms with Crippen molar-refractivity contribution in [2.45, 2.75) is 32.9 Å². The first-order valence-electron chi connectivity index (χ1n) is 7.62. The predicted octanol–water partition coefficient (Wildman–Crippen LogP) is 1.55. The predicted molar refractivity (Wildman–Crippen MR) is 86.1 cm³/mol. The summed E-state index contributed by atoms with van der Waals surface area (Å²) in [5.41, 5.74) is 1.97. The second-order valence-corrected chi connectivity index (χ2v) is 5.61. The second-order valence-electron chi connectivity index (χ2n) is 5.61. The molecule has 2 aromatic rings. The smallest absolute Gasteiger partial charge is 0.234 e. The lowest BCUT2D eigenvalue weighted by atomic mass is 10.1. The Morgan fingerprint density at radius 3 is 2.83 bits per heavy atom. The molecule has 2 rings (SSSR count). The third kappa shape index (κ3) is 4.35. The fourth-order valence-corrected chi connectivity index (χ4v) is 2.42. The van der Waals surface area contributed by atoms with Crippen molar-refractivity contribution >= 4 is 5.91 Å². The Labute approximate surface area is 136 Å². The number of furan rings is 1. The molecular weight excluding hydrogens is 296 g/mol. The van der Waals surface area contributed by atoms with Crippen LogP contribution in [0.2, 0.25) is 0 Å². The van der Waals surface area contributed by atoms with Crippen LogP contribution in [0.1, 0.15) is 36.8 Å². The highest BCUT2D eigenvalue weighted by atomic mass is 16.5. The average Bonchev–Trinajstić information content (AvgIpc) is 3.13. The summed E-state index contributed by atoms with van der Waals surface area (Å²) in [6, 6.07) is 3.62. The number of aryl methyl sites for hydroxylation is 1. The lowest BCUT2D eigenvalue weighted by molar-refractivity contribution is -0.120. The monoisotopic (exact) mass is 320 g/mol. The zero-order valence-electron chi connectivity index (χ0n) is 14.0. The fraction of sp³-hybridized carbons (Fsp3) is 0.500. The number of carbonyl (C=O) groups excluding carboxylic acids is 1. The first kappa shape index (κ1) is 17.1. The van der Waals surface area contributed by atoms with Crippen LogP contribution in [0, 0.1) is 0 Å². The van der Waals surface area contributed by atoms with Crippen molar-refractivity contribution in [2.24, 2.45) is 7.05 Å². The molecule has 0 aliphatic rings. The van der Waals surface area contributed by atoms with Crippen LogP contribution in [0.5, 0.6) is 5.88 Å². The van der Waals surface area contributed by atoms with Crippen molar-refractivity contribution in [3.8, 4) is 5.88 Å². The quantitative estimate of drug-likeness (QED) is 0.771. The van der Waals surface area contributed by atoms with Gasteiger partial charge in [-0.3, -0.25) is 4.79 Å². The van der Waals surface area contributed by atoms with Crippen LogP contribution < -0.4 is 15.4 Å². The van der Waals surface area contributed by atoms with Gasteiger partial charge in [-0.15, -0.1) is 0 Å². The number of ether oxygens (including phenoxy) is 1. The minimum absolute atomic E-state index is 0.0876. The summed E-state index contributed by atoms with van der Waals surface area (Å²) >= 11 is 0. The first-order chi connectivity index (χ1) is 11.0. The van der Waals surface area contributed by atoms with Crippen LogP contribution in [0.15, 0.2) is 22.8 Å². The van der Waals surface area contributed by atoms with E-state index >= 15 is 0 Å². The topological polar surface area (TPSA) is 81.3 Å². The molecule has 0 aromatic carbocycles. The number of methoxy groups -OCH3 is 1. The van der Waals surface area contributed by atoms with Crippen molar-refractivity contribution in [3.05, 3.63) is 35.4 Å². The van der Waals surface area contributed by atoms with E-state index in [2.05, 4.69) is 29.6 Å². The van der Waals surface area contributed by atoms with Gasteiger partial charge in [0, 0.05) is 13.6 Å². The largest absolute Gasteiger partial charge is 0.481 e. The first-order valence-corrected chi connectivity index (χ1v) is 7.62. The number of amides is 1. The van der Waals surface area contributed by atoms with Crippen LogP contribution in [-0.2, 0) is 24.9 Å². The van der Waals surface area contributed by atoms with Crippen molar-refractivity contribution in [2.75, 3.05) is 13.7 Å². The number of aromatic nitrogens is 2. The molecule has 7 nitrogen and oxygen atoms in total. The highest BCUT2D eigenvalue weighted by molar-refractivity contribution is 5.77. The molecule has 0 saturated heterocycles. The summed E-state index contributed by atoms with van der Waals surface area (Å²) in [5.74, 6) is 1.65. The summed E-state index contributed by atoms with van der Waals surface area (Å²) in [6.45, 7) is 5.30. The van der Waals surface area contributed by atoms with Gasteiger partial charge in [-0.05, 0) is 18.1 Å². The Morgan fingerprint density at radius 2 is 2.22 bits per heavy atom. The van der Waals surface area contributed by atoms with Crippen molar-refractivity contribution < 1.29 is 13.9 Å². The van der Waals surface area contributed by atoms with Crippen LogP contribution in [-0.4, -0.2) is 29.3 Å². The standard InChI is InChI=1S/C16H24N4O3/c1-11(2)15-13(16(22-4)20(3)19-15)9-17-10-14(21)18-8-12-6-5-7-23-12/h5-7,11,17H,8-10H2,1-4H3,(H,18,21). The van der Waals surface area contributed by atoms with E-state index in [1.165, 1.54) is 0 Å². The van der Waals surface area contributed by atoms with E-state index in [-0.39, 0.29) is 18.4 Å². The molecule has 2 heterocycles. The maximum absolute atomic E-state index is 11.8. The fourth-order valence-electron chi connectivity index (χ4n) is 2.42. The van der Waals surface area contributed by atoms with Gasteiger partial charge in [-0.25, -0.2) is 4.68 Å². The lowest BCUT2D eigenvalue weighted by Crippen LogP contribution is -2.33. The zero-order valence-corrected chi connectivity index (χ0v) is 14.0. The second kappa shape index (κ2) is 7.82. The number of carbonyl (C=O) groups is 1. The van der Waals surface area contributed by atoms with E-state index in [0.29, 0.717) is 13.1 Å². The minimum atomic E-state index is -0.0876. The Morgan fingerprint density at radius 1 is 1.43 bits per heavy atom. The Hall–Kier alpha value is -2.28. The highest BCUT2D eigenvalue weighted by Crippen LogP contribution is 2.26. The Balaban J connectivity index is 1.87. The molecule has 1 amide bonds. The molecule has 0 aliphatic heterocycles. The van der Waals surface area contributed by atoms with E-state index in [1.807, 2.05) is 13.1 Å². The van der Waals surface area contributed by atoms with Gasteiger partial charge in [0.25, 0.3) is 0 Å². The molecule has 23 heavy (non-hydrogen) atoms. The molecule has 2 N–H and O–H groups in total. The maximum Gasteiger partial charge on any atom is 0.234 e. The molecule has 0 radical (unpaired) electrons. The van der Waals surface area contributed by atoms with E-state index in [9.17, 15) is 4.79 Å².